The molecule has 2 atom stereocenters. The van der Waals surface area contributed by atoms with Crippen molar-refractivity contribution < 1.29 is 13.9 Å². The first-order chi connectivity index (χ1) is 17.5. The van der Waals surface area contributed by atoms with E-state index >= 15 is 0 Å². The Kier molecular flexibility index (Phi) is 6.95. The molecule has 2 aliphatic heterocycles. The van der Waals surface area contributed by atoms with E-state index in [1.807, 2.05) is 35.8 Å². The Morgan fingerprint density at radius 2 is 2.00 bits per heavy atom. The molecular weight excluding hydrogens is 459 g/mol. The lowest BCUT2D eigenvalue weighted by Gasteiger charge is -2.43. The molecule has 1 fully saturated rings. The van der Waals surface area contributed by atoms with Gasteiger partial charge in [-0.1, -0.05) is 12.1 Å². The summed E-state index contributed by atoms with van der Waals surface area (Å²) in [5, 5.41) is 4.06. The first-order valence-electron chi connectivity index (χ1n) is 12.3. The number of carbonyl (C=O) groups excluding carboxylic acids is 1. The molecule has 0 spiro atoms. The summed E-state index contributed by atoms with van der Waals surface area (Å²) in [6.07, 6.45) is 2.68. The molecule has 0 saturated carbocycles. The van der Waals surface area contributed by atoms with Crippen LogP contribution in [0.4, 0.5) is 4.39 Å². The molecule has 3 heterocycles. The van der Waals surface area contributed by atoms with Gasteiger partial charge < -0.3 is 9.30 Å². The molecule has 1 aromatic heterocycles. The number of benzene rings is 2. The maximum absolute atomic E-state index is 13.4. The summed E-state index contributed by atoms with van der Waals surface area (Å²) in [6, 6.07) is 16.9. The fraction of sp³-hybridized carbons (Fsp3) is 0.321. The summed E-state index contributed by atoms with van der Waals surface area (Å²) in [6.45, 7) is 5.81. The van der Waals surface area contributed by atoms with Crippen molar-refractivity contribution in [1.82, 2.24) is 14.9 Å². The SMILES string of the molecule is CCOc1ccc(/C=N/NC(=O)c2cccc(F)c2)cc1CN1CC2CC(C1)c1cccc(=O)n1C2. The van der Waals surface area contributed by atoms with Crippen molar-refractivity contribution in [2.75, 3.05) is 19.7 Å². The molecule has 0 aliphatic carbocycles. The summed E-state index contributed by atoms with van der Waals surface area (Å²) in [5.41, 5.74) is 5.74. The summed E-state index contributed by atoms with van der Waals surface area (Å²) in [4.78, 5) is 27.0. The molecule has 3 aromatic rings. The van der Waals surface area contributed by atoms with Crippen molar-refractivity contribution in [3.05, 3.63) is 99.2 Å². The molecule has 1 N–H and O–H groups in total. The third-order valence-corrected chi connectivity index (χ3v) is 6.80. The Labute approximate surface area is 209 Å². The Morgan fingerprint density at radius 1 is 1.14 bits per heavy atom. The number of amides is 1. The minimum absolute atomic E-state index is 0.0887. The Hall–Kier alpha value is -3.78. The fourth-order valence-corrected chi connectivity index (χ4v) is 5.32. The number of carbonyl (C=O) groups is 1. The predicted molar refractivity (Wildman–Crippen MR) is 136 cm³/mol. The largest absolute Gasteiger partial charge is 0.494 e. The average molecular weight is 489 g/mol. The highest BCUT2D eigenvalue weighted by atomic mass is 19.1. The number of piperidine rings is 1. The zero-order valence-corrected chi connectivity index (χ0v) is 20.2. The molecule has 2 aromatic carbocycles. The van der Waals surface area contributed by atoms with Gasteiger partial charge >= 0.3 is 0 Å². The van der Waals surface area contributed by atoms with Crippen LogP contribution in [0.1, 0.15) is 46.4 Å². The van der Waals surface area contributed by atoms with Gasteiger partial charge in [-0.25, -0.2) is 9.82 Å². The van der Waals surface area contributed by atoms with Crippen molar-refractivity contribution in [2.45, 2.75) is 32.4 Å². The van der Waals surface area contributed by atoms with Crippen LogP contribution in [0.15, 0.2) is 70.6 Å². The van der Waals surface area contributed by atoms with Gasteiger partial charge in [-0.2, -0.15) is 5.10 Å². The maximum atomic E-state index is 13.4. The second kappa shape index (κ2) is 10.5. The summed E-state index contributed by atoms with van der Waals surface area (Å²) < 4.78 is 21.2. The predicted octanol–water partition coefficient (Wildman–Crippen LogP) is 3.77. The second-order valence-electron chi connectivity index (χ2n) is 9.40. The monoisotopic (exact) mass is 488 g/mol. The smallest absolute Gasteiger partial charge is 0.271 e. The van der Waals surface area contributed by atoms with E-state index in [4.69, 9.17) is 4.74 Å². The highest BCUT2D eigenvalue weighted by Gasteiger charge is 2.34. The Bertz CT molecular complexity index is 1350. The summed E-state index contributed by atoms with van der Waals surface area (Å²) in [7, 11) is 0. The van der Waals surface area contributed by atoms with Gasteiger partial charge in [0.2, 0.25) is 0 Å². The van der Waals surface area contributed by atoms with E-state index in [2.05, 4.69) is 21.5 Å². The van der Waals surface area contributed by atoms with Crippen molar-refractivity contribution in [1.29, 1.82) is 0 Å². The number of hydrazone groups is 1. The van der Waals surface area contributed by atoms with Crippen molar-refractivity contribution in [3.63, 3.8) is 0 Å². The van der Waals surface area contributed by atoms with Crippen LogP contribution in [0.2, 0.25) is 0 Å². The number of nitrogens with one attached hydrogen (secondary N) is 1. The first kappa shape index (κ1) is 23.9. The fourth-order valence-electron chi connectivity index (χ4n) is 5.32. The molecule has 186 valence electrons. The molecule has 7 nitrogen and oxygen atoms in total. The quantitative estimate of drug-likeness (QED) is 0.406. The number of hydrogen-bond donors (Lipinski definition) is 1. The molecule has 8 heteroatoms. The van der Waals surface area contributed by atoms with E-state index in [-0.39, 0.29) is 11.1 Å². The van der Waals surface area contributed by atoms with E-state index in [0.29, 0.717) is 18.4 Å². The molecule has 2 aliphatic rings. The minimum Gasteiger partial charge on any atom is -0.494 e. The van der Waals surface area contributed by atoms with E-state index in [9.17, 15) is 14.0 Å². The highest BCUT2D eigenvalue weighted by molar-refractivity contribution is 5.94. The first-order valence-corrected chi connectivity index (χ1v) is 12.3. The van der Waals surface area contributed by atoms with Gasteiger partial charge in [0.05, 0.1) is 12.8 Å². The number of rotatable bonds is 7. The van der Waals surface area contributed by atoms with Crippen molar-refractivity contribution in [2.24, 2.45) is 11.0 Å². The van der Waals surface area contributed by atoms with Crippen molar-refractivity contribution >= 4 is 12.1 Å². The van der Waals surface area contributed by atoms with Gasteiger partial charge in [-0.3, -0.25) is 14.5 Å². The molecule has 2 unspecified atom stereocenters. The van der Waals surface area contributed by atoms with Gasteiger partial charge in [-0.05, 0) is 67.3 Å². The second-order valence-corrected chi connectivity index (χ2v) is 9.40. The zero-order valence-electron chi connectivity index (χ0n) is 20.2. The van der Waals surface area contributed by atoms with Crippen LogP contribution in [0, 0.1) is 11.7 Å². The topological polar surface area (TPSA) is 75.9 Å². The van der Waals surface area contributed by atoms with Crippen LogP contribution in [0.25, 0.3) is 0 Å². The lowest BCUT2D eigenvalue weighted by Crippen LogP contribution is -2.46. The van der Waals surface area contributed by atoms with Crippen molar-refractivity contribution in [3.8, 4) is 5.75 Å². The van der Waals surface area contributed by atoms with Crippen LogP contribution in [0.5, 0.6) is 5.75 Å². The molecule has 2 bridgehead atoms. The van der Waals surface area contributed by atoms with Gasteiger partial charge in [0, 0.05) is 55.0 Å². The summed E-state index contributed by atoms with van der Waals surface area (Å²) in [5.74, 6) is 0.654. The van der Waals surface area contributed by atoms with Gasteiger partial charge in [-0.15, -0.1) is 0 Å². The van der Waals surface area contributed by atoms with Crippen LogP contribution in [-0.4, -0.2) is 41.3 Å². The third kappa shape index (κ3) is 5.23. The number of nitrogens with zero attached hydrogens (tertiary/aromatic N) is 3. The number of halogens is 1. The molecule has 36 heavy (non-hydrogen) atoms. The number of likely N-dealkylation sites (tertiary alicyclic amines) is 1. The Balaban J connectivity index is 1.30. The minimum atomic E-state index is -0.476. The van der Waals surface area contributed by atoms with E-state index < -0.39 is 11.7 Å². The average Bonchev–Trinajstić information content (AvgIpc) is 2.86. The van der Waals surface area contributed by atoms with E-state index in [1.54, 1.807) is 12.3 Å². The molecular formula is C28H29FN4O3. The van der Waals surface area contributed by atoms with Gasteiger partial charge in [0.1, 0.15) is 11.6 Å². The Morgan fingerprint density at radius 3 is 2.83 bits per heavy atom. The number of pyridine rings is 1. The van der Waals surface area contributed by atoms with Crippen LogP contribution < -0.4 is 15.7 Å². The van der Waals surface area contributed by atoms with Gasteiger partial charge in [0.25, 0.3) is 11.5 Å². The third-order valence-electron chi connectivity index (χ3n) is 6.80. The van der Waals surface area contributed by atoms with E-state index in [0.717, 1.165) is 55.2 Å². The molecule has 1 saturated heterocycles. The number of aromatic nitrogens is 1. The molecule has 5 rings (SSSR count). The van der Waals surface area contributed by atoms with E-state index in [1.165, 1.54) is 24.3 Å². The standard InChI is InChI=1S/C28H29FN4O3/c1-2-36-26-10-9-19(14-30-31-28(35)21-5-3-6-24(29)13-21)11-23(26)18-32-15-20-12-22(17-32)25-7-4-8-27(34)33(25)16-20/h3-11,13-14,20,22H,2,12,15-18H2,1H3,(H,31,35)/b30-14+. The molecule has 1 amide bonds. The zero-order chi connectivity index (χ0) is 25.1. The van der Waals surface area contributed by atoms with Gasteiger partial charge in [0.15, 0.2) is 0 Å². The van der Waals surface area contributed by atoms with Crippen LogP contribution >= 0.6 is 0 Å². The number of ether oxygens (including phenoxy) is 1. The maximum Gasteiger partial charge on any atom is 0.271 e. The number of hydrogen-bond acceptors (Lipinski definition) is 5. The highest BCUT2D eigenvalue weighted by Crippen LogP contribution is 2.36. The summed E-state index contributed by atoms with van der Waals surface area (Å²) >= 11 is 0. The van der Waals surface area contributed by atoms with Crippen LogP contribution in [0.3, 0.4) is 0 Å². The lowest BCUT2D eigenvalue weighted by atomic mass is 9.83. The lowest BCUT2D eigenvalue weighted by molar-refractivity contribution is 0.0954. The molecule has 0 radical (unpaired) electrons. The number of fused-ring (bicyclic) bond motifs is 4. The van der Waals surface area contributed by atoms with Crippen LogP contribution in [-0.2, 0) is 13.1 Å². The normalized spacial score (nSPS) is 19.2.